The topological polar surface area (TPSA) is 136 Å². The molecule has 5 rings (SSSR count). The minimum Gasteiger partial charge on any atom is -0.478 e. The third-order valence-corrected chi connectivity index (χ3v) is 8.29. The molecular formula is C31H33N3O6S. The van der Waals surface area contributed by atoms with E-state index < -0.39 is 5.97 Å². The molecule has 0 saturated carbocycles. The van der Waals surface area contributed by atoms with Crippen molar-refractivity contribution < 1.29 is 29.5 Å². The van der Waals surface area contributed by atoms with E-state index in [2.05, 4.69) is 5.32 Å². The maximum atomic E-state index is 12.4. The number of piperidine rings is 1. The highest BCUT2D eigenvalue weighted by atomic mass is 32.1. The third-order valence-electron chi connectivity index (χ3n) is 7.18. The van der Waals surface area contributed by atoms with Crippen LogP contribution in [-0.2, 0) is 9.59 Å². The molecule has 2 heterocycles. The number of nitrogens with zero attached hydrogens (tertiary/aromatic N) is 1. The molecule has 10 heteroatoms. The molecule has 1 aliphatic rings. The number of hydrogen-bond acceptors (Lipinski definition) is 6. The Morgan fingerprint density at radius 1 is 0.902 bits per heavy atom. The quantitative estimate of drug-likeness (QED) is 0.171. The SMILES string of the molecule is O=C(CCCC1CCN(C(=O)CNC(=O)c2cc3ccccc3s2)CC1)NO.O=C(O)c1cccc2ccccc12. The summed E-state index contributed by atoms with van der Waals surface area (Å²) in [6, 6.07) is 22.4. The Morgan fingerprint density at radius 3 is 2.29 bits per heavy atom. The number of hydrogen-bond donors (Lipinski definition) is 4. The number of fused-ring (bicyclic) bond motifs is 2. The monoisotopic (exact) mass is 575 g/mol. The van der Waals surface area contributed by atoms with Gasteiger partial charge >= 0.3 is 5.97 Å². The lowest BCUT2D eigenvalue weighted by molar-refractivity contribution is -0.131. The predicted molar refractivity (Wildman–Crippen MR) is 158 cm³/mol. The highest BCUT2D eigenvalue weighted by Crippen LogP contribution is 2.25. The molecule has 0 spiro atoms. The Hall–Kier alpha value is -4.28. The van der Waals surface area contributed by atoms with E-state index in [1.165, 1.54) is 11.3 Å². The number of carboxylic acids is 1. The predicted octanol–water partition coefficient (Wildman–Crippen LogP) is 5.08. The summed E-state index contributed by atoms with van der Waals surface area (Å²) in [4.78, 5) is 49.0. The zero-order chi connectivity index (χ0) is 29.2. The van der Waals surface area contributed by atoms with Crippen molar-refractivity contribution in [1.82, 2.24) is 15.7 Å². The first-order valence-electron chi connectivity index (χ1n) is 13.5. The summed E-state index contributed by atoms with van der Waals surface area (Å²) < 4.78 is 1.05. The lowest BCUT2D eigenvalue weighted by atomic mass is 9.91. The first-order valence-corrected chi connectivity index (χ1v) is 14.4. The van der Waals surface area contributed by atoms with Crippen LogP contribution in [0.1, 0.15) is 52.1 Å². The zero-order valence-electron chi connectivity index (χ0n) is 22.5. The molecule has 4 aromatic rings. The fourth-order valence-electron chi connectivity index (χ4n) is 4.94. The molecule has 1 aromatic heterocycles. The number of carbonyl (C=O) groups is 4. The molecule has 0 unspecified atom stereocenters. The summed E-state index contributed by atoms with van der Waals surface area (Å²) in [7, 11) is 0. The third kappa shape index (κ3) is 8.12. The second kappa shape index (κ2) is 14.4. The van der Waals surface area contributed by atoms with Gasteiger partial charge in [-0.15, -0.1) is 11.3 Å². The van der Waals surface area contributed by atoms with Gasteiger partial charge in [0.2, 0.25) is 11.8 Å². The molecule has 4 N–H and O–H groups in total. The number of rotatable bonds is 8. The van der Waals surface area contributed by atoms with Crippen molar-refractivity contribution >= 4 is 55.9 Å². The van der Waals surface area contributed by atoms with Gasteiger partial charge in [-0.1, -0.05) is 54.6 Å². The summed E-state index contributed by atoms with van der Waals surface area (Å²) >= 11 is 1.42. The average molecular weight is 576 g/mol. The van der Waals surface area contributed by atoms with Gasteiger partial charge in [-0.05, 0) is 66.0 Å². The van der Waals surface area contributed by atoms with Gasteiger partial charge in [0.25, 0.3) is 5.91 Å². The van der Waals surface area contributed by atoms with Crippen molar-refractivity contribution in [2.75, 3.05) is 19.6 Å². The molecular weight excluding hydrogens is 542 g/mol. The van der Waals surface area contributed by atoms with Gasteiger partial charge in [0.15, 0.2) is 0 Å². The summed E-state index contributed by atoms with van der Waals surface area (Å²) in [5.74, 6) is -1.03. The van der Waals surface area contributed by atoms with Crippen molar-refractivity contribution in [2.24, 2.45) is 5.92 Å². The van der Waals surface area contributed by atoms with Crippen LogP contribution in [-0.4, -0.2) is 58.5 Å². The molecule has 1 fully saturated rings. The number of hydroxylamine groups is 1. The number of carboxylic acid groups (broad SMARTS) is 1. The maximum Gasteiger partial charge on any atom is 0.336 e. The molecule has 3 aromatic carbocycles. The van der Waals surface area contributed by atoms with Gasteiger partial charge in [0.05, 0.1) is 17.0 Å². The van der Waals surface area contributed by atoms with Crippen LogP contribution in [0, 0.1) is 5.92 Å². The van der Waals surface area contributed by atoms with Crippen molar-refractivity contribution in [2.45, 2.75) is 32.1 Å². The largest absolute Gasteiger partial charge is 0.478 e. The molecule has 9 nitrogen and oxygen atoms in total. The van der Waals surface area contributed by atoms with Crippen LogP contribution in [0.25, 0.3) is 20.9 Å². The Bertz CT molecular complexity index is 1490. The Balaban J connectivity index is 0.000000247. The standard InChI is InChI=1S/C20H25N3O4S.C11H8O2/c24-18(22-27)7-3-4-14-8-10-23(11-9-14)19(25)13-21-20(26)17-12-15-5-1-2-6-16(15)28-17;12-11(13)10-7-3-5-8-4-1-2-6-9(8)10/h1-2,5-6,12,14,27H,3-4,7-11,13H2,(H,21,26)(H,22,24);1-7H,(H,12,13). The minimum atomic E-state index is -0.878. The first kappa shape index (κ1) is 29.7. The molecule has 1 aliphatic heterocycles. The Kier molecular flexibility index (Phi) is 10.4. The van der Waals surface area contributed by atoms with Gasteiger partial charge in [-0.3, -0.25) is 19.6 Å². The molecule has 0 bridgehead atoms. The average Bonchev–Trinajstić information content (AvgIpc) is 3.44. The van der Waals surface area contributed by atoms with E-state index in [0.29, 0.717) is 35.9 Å². The molecule has 214 valence electrons. The molecule has 0 radical (unpaired) electrons. The number of thiophene rings is 1. The van der Waals surface area contributed by atoms with E-state index in [9.17, 15) is 19.2 Å². The van der Waals surface area contributed by atoms with Crippen LogP contribution < -0.4 is 10.8 Å². The number of likely N-dealkylation sites (tertiary alicyclic amines) is 1. The normalized spacial score (nSPS) is 13.3. The lowest BCUT2D eigenvalue weighted by Crippen LogP contribution is -2.44. The van der Waals surface area contributed by atoms with Gasteiger partial charge in [0.1, 0.15) is 0 Å². The van der Waals surface area contributed by atoms with E-state index >= 15 is 0 Å². The van der Waals surface area contributed by atoms with Crippen LogP contribution >= 0.6 is 11.3 Å². The molecule has 3 amide bonds. The minimum absolute atomic E-state index is 0.00835. The Labute approximate surface area is 241 Å². The van der Waals surface area contributed by atoms with E-state index in [-0.39, 0.29) is 24.3 Å². The van der Waals surface area contributed by atoms with Crippen LogP contribution in [0.2, 0.25) is 0 Å². The van der Waals surface area contributed by atoms with Crippen molar-refractivity contribution in [3.63, 3.8) is 0 Å². The number of amides is 3. The summed E-state index contributed by atoms with van der Waals surface area (Å²) in [5.41, 5.74) is 2.00. The molecule has 0 atom stereocenters. The van der Waals surface area contributed by atoms with E-state index in [4.69, 9.17) is 10.3 Å². The zero-order valence-corrected chi connectivity index (χ0v) is 23.4. The van der Waals surface area contributed by atoms with Gasteiger partial charge < -0.3 is 15.3 Å². The van der Waals surface area contributed by atoms with Gasteiger partial charge in [0, 0.05) is 24.2 Å². The summed E-state index contributed by atoms with van der Waals surface area (Å²) in [6.07, 6.45) is 3.77. The van der Waals surface area contributed by atoms with Crippen molar-refractivity contribution in [3.8, 4) is 0 Å². The van der Waals surface area contributed by atoms with Crippen LogP contribution in [0.3, 0.4) is 0 Å². The second-order valence-electron chi connectivity index (χ2n) is 9.91. The first-order chi connectivity index (χ1) is 19.9. The Morgan fingerprint density at radius 2 is 1.59 bits per heavy atom. The van der Waals surface area contributed by atoms with E-state index in [0.717, 1.165) is 46.5 Å². The number of carbonyl (C=O) groups excluding carboxylic acids is 3. The number of aromatic carboxylic acids is 1. The molecule has 1 saturated heterocycles. The lowest BCUT2D eigenvalue weighted by Gasteiger charge is -2.32. The second-order valence-corrected chi connectivity index (χ2v) is 11.0. The highest BCUT2D eigenvalue weighted by molar-refractivity contribution is 7.20. The summed E-state index contributed by atoms with van der Waals surface area (Å²) in [6.45, 7) is 1.36. The van der Waals surface area contributed by atoms with Crippen molar-refractivity contribution in [1.29, 1.82) is 0 Å². The smallest absolute Gasteiger partial charge is 0.336 e. The van der Waals surface area contributed by atoms with Crippen LogP contribution in [0.15, 0.2) is 72.8 Å². The number of benzene rings is 3. The highest BCUT2D eigenvalue weighted by Gasteiger charge is 2.23. The fraction of sp³-hybridized carbons (Fsp3) is 0.290. The van der Waals surface area contributed by atoms with Gasteiger partial charge in [-0.2, -0.15) is 0 Å². The fourth-order valence-corrected chi connectivity index (χ4v) is 5.92. The number of nitrogens with one attached hydrogen (secondary N) is 2. The molecule has 0 aliphatic carbocycles. The molecule has 41 heavy (non-hydrogen) atoms. The maximum absolute atomic E-state index is 12.4. The van der Waals surface area contributed by atoms with Crippen molar-refractivity contribution in [3.05, 3.63) is 83.2 Å². The van der Waals surface area contributed by atoms with E-state index in [1.54, 1.807) is 22.5 Å². The van der Waals surface area contributed by atoms with Crippen LogP contribution in [0.4, 0.5) is 0 Å². The van der Waals surface area contributed by atoms with Gasteiger partial charge in [-0.25, -0.2) is 10.3 Å². The van der Waals surface area contributed by atoms with Crippen LogP contribution in [0.5, 0.6) is 0 Å². The summed E-state index contributed by atoms with van der Waals surface area (Å²) in [5, 5.41) is 22.9. The van der Waals surface area contributed by atoms with E-state index in [1.807, 2.05) is 60.7 Å².